The molecule has 1 atom stereocenters. The number of alkyl halides is 6. The summed E-state index contributed by atoms with van der Waals surface area (Å²) >= 11 is 0. The molecule has 2 saturated carbocycles. The highest BCUT2D eigenvalue weighted by Crippen LogP contribution is 2.55. The summed E-state index contributed by atoms with van der Waals surface area (Å²) in [6, 6.07) is -0.824. The molecular formula is C17H18F6N2O. The molecule has 2 aliphatic rings. The SMILES string of the molecule is O=C(NC1CC2(CCC2)C1)NC(c1cccc(C(F)(F)F)c1)C(F)(F)F. The highest BCUT2D eigenvalue weighted by molar-refractivity contribution is 5.75. The van der Waals surface area contributed by atoms with Crippen LogP contribution in [0.1, 0.15) is 49.3 Å². The Kier molecular flexibility index (Phi) is 4.60. The van der Waals surface area contributed by atoms with E-state index in [4.69, 9.17) is 0 Å². The maximum Gasteiger partial charge on any atom is 0.416 e. The van der Waals surface area contributed by atoms with Gasteiger partial charge in [-0.1, -0.05) is 18.6 Å². The number of halogens is 6. The molecule has 0 radical (unpaired) electrons. The molecule has 0 bridgehead atoms. The zero-order chi connectivity index (χ0) is 19.2. The Hall–Kier alpha value is -1.93. The first kappa shape index (κ1) is 18.8. The number of nitrogens with one attached hydrogen (secondary N) is 2. The van der Waals surface area contributed by atoms with Gasteiger partial charge in [0.25, 0.3) is 0 Å². The van der Waals surface area contributed by atoms with Crippen LogP contribution in [0, 0.1) is 5.41 Å². The number of hydrogen-bond donors (Lipinski definition) is 2. The Morgan fingerprint density at radius 1 is 1.12 bits per heavy atom. The maximum absolute atomic E-state index is 13.3. The largest absolute Gasteiger partial charge is 0.416 e. The van der Waals surface area contributed by atoms with E-state index in [1.165, 1.54) is 0 Å². The quantitative estimate of drug-likeness (QED) is 0.717. The van der Waals surface area contributed by atoms with Crippen molar-refractivity contribution in [2.75, 3.05) is 0 Å². The topological polar surface area (TPSA) is 41.1 Å². The lowest BCUT2D eigenvalue weighted by molar-refractivity contribution is -0.155. The van der Waals surface area contributed by atoms with Gasteiger partial charge < -0.3 is 10.6 Å². The van der Waals surface area contributed by atoms with Crippen molar-refractivity contribution < 1.29 is 31.1 Å². The van der Waals surface area contributed by atoms with Gasteiger partial charge in [0.15, 0.2) is 6.04 Å². The molecule has 0 aliphatic heterocycles. The van der Waals surface area contributed by atoms with Gasteiger partial charge in [0, 0.05) is 6.04 Å². The summed E-state index contributed by atoms with van der Waals surface area (Å²) < 4.78 is 78.1. The van der Waals surface area contributed by atoms with E-state index in [2.05, 4.69) is 5.32 Å². The van der Waals surface area contributed by atoms with Crippen LogP contribution in [0.25, 0.3) is 0 Å². The van der Waals surface area contributed by atoms with Gasteiger partial charge in [0.2, 0.25) is 0 Å². The number of benzene rings is 1. The minimum atomic E-state index is -4.92. The number of rotatable bonds is 3. The molecule has 0 heterocycles. The standard InChI is InChI=1S/C17H18F6N2O/c18-16(19,20)11-4-1-3-10(7-11)13(17(21,22)23)25-14(26)24-12-8-15(9-12)5-2-6-15/h1,3-4,7,12-13H,2,5-6,8-9H2,(H2,24,25,26). The Bertz CT molecular complexity index is 673. The molecule has 1 aromatic rings. The minimum absolute atomic E-state index is 0.189. The van der Waals surface area contributed by atoms with Gasteiger partial charge in [-0.3, -0.25) is 0 Å². The van der Waals surface area contributed by atoms with E-state index >= 15 is 0 Å². The summed E-state index contributed by atoms with van der Waals surface area (Å²) in [6.07, 6.45) is -4.94. The first-order valence-corrected chi connectivity index (χ1v) is 8.29. The van der Waals surface area contributed by atoms with Crippen molar-refractivity contribution >= 4 is 6.03 Å². The molecule has 1 spiro atoms. The van der Waals surface area contributed by atoms with Crippen LogP contribution in [0.15, 0.2) is 24.3 Å². The highest BCUT2D eigenvalue weighted by atomic mass is 19.4. The Morgan fingerprint density at radius 3 is 2.27 bits per heavy atom. The lowest BCUT2D eigenvalue weighted by Crippen LogP contribution is -2.56. The van der Waals surface area contributed by atoms with E-state index in [-0.39, 0.29) is 11.5 Å². The van der Waals surface area contributed by atoms with Gasteiger partial charge in [-0.05, 0) is 48.8 Å². The first-order valence-electron chi connectivity index (χ1n) is 8.29. The van der Waals surface area contributed by atoms with Gasteiger partial charge in [0.05, 0.1) is 5.56 Å². The number of urea groups is 1. The van der Waals surface area contributed by atoms with Crippen LogP contribution < -0.4 is 10.6 Å². The van der Waals surface area contributed by atoms with E-state index in [0.717, 1.165) is 44.2 Å². The Balaban J connectivity index is 1.68. The average molecular weight is 380 g/mol. The Morgan fingerprint density at radius 2 is 1.77 bits per heavy atom. The molecule has 26 heavy (non-hydrogen) atoms. The van der Waals surface area contributed by atoms with Crippen molar-refractivity contribution in [3.8, 4) is 0 Å². The molecule has 2 fully saturated rings. The van der Waals surface area contributed by atoms with Crippen molar-refractivity contribution in [1.29, 1.82) is 0 Å². The van der Waals surface area contributed by atoms with Gasteiger partial charge in [-0.15, -0.1) is 0 Å². The summed E-state index contributed by atoms with van der Waals surface area (Å²) in [7, 11) is 0. The third-order valence-electron chi connectivity index (χ3n) is 5.26. The predicted octanol–water partition coefficient (Wildman–Crippen LogP) is 4.94. The van der Waals surface area contributed by atoms with Gasteiger partial charge in [-0.2, -0.15) is 26.3 Å². The van der Waals surface area contributed by atoms with Gasteiger partial charge in [0.1, 0.15) is 0 Å². The van der Waals surface area contributed by atoms with Crippen LogP contribution in [-0.2, 0) is 6.18 Å². The maximum atomic E-state index is 13.3. The molecule has 2 amide bonds. The van der Waals surface area contributed by atoms with Crippen molar-refractivity contribution in [3.05, 3.63) is 35.4 Å². The van der Waals surface area contributed by atoms with Crippen LogP contribution in [0.3, 0.4) is 0 Å². The summed E-state index contributed by atoms with van der Waals surface area (Å²) in [5, 5.41) is 4.26. The minimum Gasteiger partial charge on any atom is -0.335 e. The molecule has 2 aliphatic carbocycles. The van der Waals surface area contributed by atoms with Crippen LogP contribution in [0.4, 0.5) is 31.1 Å². The first-order chi connectivity index (χ1) is 12.0. The van der Waals surface area contributed by atoms with Crippen LogP contribution in [-0.4, -0.2) is 18.2 Å². The van der Waals surface area contributed by atoms with Gasteiger partial charge >= 0.3 is 18.4 Å². The molecule has 1 aromatic carbocycles. The fourth-order valence-electron chi connectivity index (χ4n) is 3.78. The second kappa shape index (κ2) is 6.35. The van der Waals surface area contributed by atoms with Gasteiger partial charge in [-0.25, -0.2) is 4.79 Å². The fourth-order valence-corrected chi connectivity index (χ4v) is 3.78. The van der Waals surface area contributed by atoms with E-state index in [0.29, 0.717) is 12.1 Å². The van der Waals surface area contributed by atoms with Crippen molar-refractivity contribution in [3.63, 3.8) is 0 Å². The molecular weight excluding hydrogens is 362 g/mol. The number of hydrogen-bond acceptors (Lipinski definition) is 1. The summed E-state index contributed by atoms with van der Waals surface area (Å²) in [4.78, 5) is 11.9. The molecule has 1 unspecified atom stereocenters. The van der Waals surface area contributed by atoms with Crippen molar-refractivity contribution in [2.45, 2.75) is 56.5 Å². The normalized spacial score (nSPS) is 20.8. The van der Waals surface area contributed by atoms with E-state index in [1.807, 2.05) is 0 Å². The monoisotopic (exact) mass is 380 g/mol. The molecule has 2 N–H and O–H groups in total. The Labute approximate surface area is 146 Å². The number of carbonyl (C=O) groups is 1. The lowest BCUT2D eigenvalue weighted by atomic mass is 9.54. The van der Waals surface area contributed by atoms with E-state index in [1.54, 1.807) is 5.32 Å². The molecule has 0 saturated heterocycles. The molecule has 144 valence electrons. The smallest absolute Gasteiger partial charge is 0.335 e. The zero-order valence-corrected chi connectivity index (χ0v) is 13.7. The van der Waals surface area contributed by atoms with Crippen molar-refractivity contribution in [1.82, 2.24) is 10.6 Å². The molecule has 9 heteroatoms. The zero-order valence-electron chi connectivity index (χ0n) is 13.7. The number of carbonyl (C=O) groups excluding carboxylic acids is 1. The van der Waals surface area contributed by atoms with Crippen molar-refractivity contribution in [2.24, 2.45) is 5.41 Å². The second-order valence-corrected chi connectivity index (χ2v) is 7.17. The van der Waals surface area contributed by atoms with E-state index < -0.39 is 35.6 Å². The van der Waals surface area contributed by atoms with Crippen LogP contribution >= 0.6 is 0 Å². The third-order valence-corrected chi connectivity index (χ3v) is 5.26. The molecule has 0 aromatic heterocycles. The molecule has 3 rings (SSSR count). The van der Waals surface area contributed by atoms with E-state index in [9.17, 15) is 31.1 Å². The second-order valence-electron chi connectivity index (χ2n) is 7.17. The summed E-state index contributed by atoms with van der Waals surface area (Å²) in [6.45, 7) is 0. The lowest BCUT2D eigenvalue weighted by Gasteiger charge is -2.54. The van der Waals surface area contributed by atoms with Crippen LogP contribution in [0.2, 0.25) is 0 Å². The third kappa shape index (κ3) is 3.91. The summed E-state index contributed by atoms with van der Waals surface area (Å²) in [5.41, 5.74) is -1.62. The molecule has 3 nitrogen and oxygen atoms in total. The average Bonchev–Trinajstić information content (AvgIpc) is 2.44. The fraction of sp³-hybridized carbons (Fsp3) is 0.588. The van der Waals surface area contributed by atoms with Crippen LogP contribution in [0.5, 0.6) is 0 Å². The predicted molar refractivity (Wildman–Crippen MR) is 81.2 cm³/mol. The summed E-state index contributed by atoms with van der Waals surface area (Å²) in [5.74, 6) is 0. The number of amides is 2. The highest BCUT2D eigenvalue weighted by Gasteiger charge is 2.49.